The van der Waals surface area contributed by atoms with Crippen LogP contribution < -0.4 is 5.32 Å². The minimum atomic E-state index is -0.170. The van der Waals surface area contributed by atoms with Gasteiger partial charge in [-0.3, -0.25) is 14.2 Å². The van der Waals surface area contributed by atoms with Crippen LogP contribution in [0, 0.1) is 6.92 Å². The number of anilines is 1. The molecule has 5 aromatic rings. The zero-order valence-corrected chi connectivity index (χ0v) is 15.7. The van der Waals surface area contributed by atoms with Gasteiger partial charge in [0.25, 0.3) is 5.91 Å². The highest BCUT2D eigenvalue weighted by Crippen LogP contribution is 2.24. The quantitative estimate of drug-likeness (QED) is 0.501. The molecule has 0 atom stereocenters. The Kier molecular flexibility index (Phi) is 4.02. The molecule has 6 nitrogen and oxygen atoms in total. The molecule has 3 aromatic heterocycles. The summed E-state index contributed by atoms with van der Waals surface area (Å²) < 4.78 is 1.87. The number of hydrogen-bond donors (Lipinski definition) is 1. The van der Waals surface area contributed by atoms with Crippen LogP contribution in [0.4, 0.5) is 5.69 Å². The number of pyridine rings is 1. The number of aryl methyl sites for hydroxylation is 1. The van der Waals surface area contributed by atoms with Gasteiger partial charge in [0.2, 0.25) is 5.78 Å². The molecule has 0 saturated heterocycles. The van der Waals surface area contributed by atoms with Gasteiger partial charge in [-0.1, -0.05) is 24.3 Å². The number of rotatable bonds is 3. The van der Waals surface area contributed by atoms with Gasteiger partial charge in [-0.15, -0.1) is 0 Å². The summed E-state index contributed by atoms with van der Waals surface area (Å²) in [6.07, 6.45) is 7.27. The van der Waals surface area contributed by atoms with Crippen molar-refractivity contribution in [3.05, 3.63) is 90.5 Å². The van der Waals surface area contributed by atoms with Gasteiger partial charge in [0.15, 0.2) is 0 Å². The maximum Gasteiger partial charge on any atom is 0.256 e. The monoisotopic (exact) mass is 379 g/mol. The van der Waals surface area contributed by atoms with Crippen molar-refractivity contribution in [3.63, 3.8) is 0 Å². The predicted molar refractivity (Wildman–Crippen MR) is 113 cm³/mol. The first kappa shape index (κ1) is 17.1. The van der Waals surface area contributed by atoms with Gasteiger partial charge in [-0.2, -0.15) is 0 Å². The standard InChI is InChI=1S/C23H17N5O/c1-15-8-9-19(18-7-3-10-24-21(15)18)22(29)26-17-6-2-5-16(13-17)20-14-28-12-4-11-25-23(28)27-20/h2-14H,1H3,(H,26,29). The second-order valence-corrected chi connectivity index (χ2v) is 6.82. The first-order valence-electron chi connectivity index (χ1n) is 9.25. The summed E-state index contributed by atoms with van der Waals surface area (Å²) in [6.45, 7) is 1.99. The second kappa shape index (κ2) is 6.83. The minimum Gasteiger partial charge on any atom is -0.322 e. The van der Waals surface area contributed by atoms with E-state index in [1.165, 1.54) is 0 Å². The number of amides is 1. The van der Waals surface area contributed by atoms with Crippen LogP contribution in [0.1, 0.15) is 15.9 Å². The molecule has 140 valence electrons. The largest absolute Gasteiger partial charge is 0.322 e. The predicted octanol–water partition coefficient (Wildman–Crippen LogP) is 4.51. The Bertz CT molecular complexity index is 1340. The molecule has 0 aliphatic heterocycles. The molecule has 6 heteroatoms. The Morgan fingerprint density at radius 2 is 1.90 bits per heavy atom. The summed E-state index contributed by atoms with van der Waals surface area (Å²) in [7, 11) is 0. The zero-order chi connectivity index (χ0) is 19.8. The zero-order valence-electron chi connectivity index (χ0n) is 15.7. The average molecular weight is 379 g/mol. The van der Waals surface area contributed by atoms with Gasteiger partial charge < -0.3 is 5.32 Å². The molecule has 0 aliphatic carbocycles. The van der Waals surface area contributed by atoms with Gasteiger partial charge in [0.1, 0.15) is 0 Å². The summed E-state index contributed by atoms with van der Waals surface area (Å²) in [5.41, 5.74) is 4.88. The fourth-order valence-corrected chi connectivity index (χ4v) is 3.44. The lowest BCUT2D eigenvalue weighted by Gasteiger charge is -2.10. The number of carbonyl (C=O) groups excluding carboxylic acids is 1. The van der Waals surface area contributed by atoms with Gasteiger partial charge in [-0.25, -0.2) is 9.97 Å². The molecule has 0 saturated carbocycles. The van der Waals surface area contributed by atoms with Crippen molar-refractivity contribution >= 4 is 28.3 Å². The van der Waals surface area contributed by atoms with Crippen molar-refractivity contribution in [1.82, 2.24) is 19.4 Å². The Morgan fingerprint density at radius 3 is 2.79 bits per heavy atom. The van der Waals surface area contributed by atoms with E-state index in [-0.39, 0.29) is 5.91 Å². The van der Waals surface area contributed by atoms with Crippen molar-refractivity contribution in [2.24, 2.45) is 0 Å². The molecule has 1 amide bonds. The Hall–Kier alpha value is -4.06. The first-order chi connectivity index (χ1) is 14.2. The van der Waals surface area contributed by atoms with Crippen LogP contribution >= 0.6 is 0 Å². The van der Waals surface area contributed by atoms with Crippen LogP contribution in [0.2, 0.25) is 0 Å². The van der Waals surface area contributed by atoms with E-state index >= 15 is 0 Å². The van der Waals surface area contributed by atoms with Gasteiger partial charge in [0, 0.05) is 47.0 Å². The highest BCUT2D eigenvalue weighted by Gasteiger charge is 2.13. The van der Waals surface area contributed by atoms with Crippen molar-refractivity contribution in [2.75, 3.05) is 5.32 Å². The smallest absolute Gasteiger partial charge is 0.256 e. The summed E-state index contributed by atoms with van der Waals surface area (Å²) in [4.78, 5) is 26.2. The molecule has 0 radical (unpaired) electrons. The molecule has 29 heavy (non-hydrogen) atoms. The molecule has 0 aliphatic rings. The van der Waals surface area contributed by atoms with Crippen LogP contribution in [-0.2, 0) is 0 Å². The number of benzene rings is 2. The average Bonchev–Trinajstić information content (AvgIpc) is 3.19. The molecule has 0 unspecified atom stereocenters. The maximum atomic E-state index is 13.0. The van der Waals surface area contributed by atoms with Gasteiger partial charge >= 0.3 is 0 Å². The second-order valence-electron chi connectivity index (χ2n) is 6.82. The molecule has 0 spiro atoms. The third-order valence-corrected chi connectivity index (χ3v) is 4.87. The van der Waals surface area contributed by atoms with E-state index in [0.29, 0.717) is 17.0 Å². The lowest BCUT2D eigenvalue weighted by Crippen LogP contribution is -2.12. The van der Waals surface area contributed by atoms with E-state index in [9.17, 15) is 4.79 Å². The third-order valence-electron chi connectivity index (χ3n) is 4.87. The van der Waals surface area contributed by atoms with E-state index in [2.05, 4.69) is 20.3 Å². The molecule has 5 rings (SSSR count). The van der Waals surface area contributed by atoms with E-state index in [4.69, 9.17) is 0 Å². The highest BCUT2D eigenvalue weighted by atomic mass is 16.1. The molecular weight excluding hydrogens is 362 g/mol. The van der Waals surface area contributed by atoms with Crippen molar-refractivity contribution in [3.8, 4) is 11.3 Å². The number of imidazole rings is 1. The van der Waals surface area contributed by atoms with E-state index in [1.807, 2.05) is 78.3 Å². The molecule has 0 bridgehead atoms. The maximum absolute atomic E-state index is 13.0. The molecule has 3 heterocycles. The number of aromatic nitrogens is 4. The summed E-state index contributed by atoms with van der Waals surface area (Å²) >= 11 is 0. The van der Waals surface area contributed by atoms with Crippen molar-refractivity contribution < 1.29 is 4.79 Å². The number of hydrogen-bond acceptors (Lipinski definition) is 4. The number of nitrogens with one attached hydrogen (secondary N) is 1. The lowest BCUT2D eigenvalue weighted by molar-refractivity contribution is 0.102. The molecule has 1 N–H and O–H groups in total. The summed E-state index contributed by atoms with van der Waals surface area (Å²) in [5.74, 6) is 0.465. The topological polar surface area (TPSA) is 72.2 Å². The number of nitrogens with zero attached hydrogens (tertiary/aromatic N) is 4. The van der Waals surface area contributed by atoms with Crippen molar-refractivity contribution in [2.45, 2.75) is 6.92 Å². The van der Waals surface area contributed by atoms with Crippen LogP contribution in [0.15, 0.2) is 79.4 Å². The Morgan fingerprint density at radius 1 is 1.00 bits per heavy atom. The Labute approximate surface area is 166 Å². The third kappa shape index (κ3) is 3.10. The van der Waals surface area contributed by atoms with Gasteiger partial charge in [-0.05, 0) is 42.8 Å². The van der Waals surface area contributed by atoms with Crippen LogP contribution in [0.25, 0.3) is 27.9 Å². The number of carbonyl (C=O) groups is 1. The van der Waals surface area contributed by atoms with Gasteiger partial charge in [0.05, 0.1) is 11.2 Å². The molecule has 2 aromatic carbocycles. The highest BCUT2D eigenvalue weighted by molar-refractivity contribution is 6.12. The van der Waals surface area contributed by atoms with Crippen LogP contribution in [0.3, 0.4) is 0 Å². The fraction of sp³-hybridized carbons (Fsp3) is 0.0435. The van der Waals surface area contributed by atoms with Crippen molar-refractivity contribution in [1.29, 1.82) is 0 Å². The minimum absolute atomic E-state index is 0.170. The normalized spacial score (nSPS) is 11.1. The van der Waals surface area contributed by atoms with E-state index in [1.54, 1.807) is 12.4 Å². The Balaban J connectivity index is 1.48. The molecular formula is C23H17N5O. The summed E-state index contributed by atoms with van der Waals surface area (Å²) in [5, 5.41) is 3.84. The lowest BCUT2D eigenvalue weighted by atomic mass is 10.0. The van der Waals surface area contributed by atoms with E-state index in [0.717, 1.165) is 27.7 Å². The SMILES string of the molecule is Cc1ccc(C(=O)Nc2cccc(-c3cn4cccnc4n3)c2)c2cccnc12. The fourth-order valence-electron chi connectivity index (χ4n) is 3.44. The first-order valence-corrected chi connectivity index (χ1v) is 9.25. The molecule has 0 fully saturated rings. The van der Waals surface area contributed by atoms with Crippen LogP contribution in [0.5, 0.6) is 0 Å². The number of fused-ring (bicyclic) bond motifs is 2. The van der Waals surface area contributed by atoms with Crippen LogP contribution in [-0.4, -0.2) is 25.3 Å². The summed E-state index contributed by atoms with van der Waals surface area (Å²) in [6, 6.07) is 17.0. The van der Waals surface area contributed by atoms with E-state index < -0.39 is 0 Å².